The second kappa shape index (κ2) is 11.3. The molecule has 0 amide bonds. The van der Waals surface area contributed by atoms with Crippen molar-refractivity contribution in [2.24, 2.45) is 11.8 Å². The summed E-state index contributed by atoms with van der Waals surface area (Å²) >= 11 is 0. The Morgan fingerprint density at radius 3 is 2.40 bits per heavy atom. The van der Waals surface area contributed by atoms with Gasteiger partial charge in [0.1, 0.15) is 5.75 Å². The first-order valence-corrected chi connectivity index (χ1v) is 10.0. The zero-order valence-electron chi connectivity index (χ0n) is 16.0. The van der Waals surface area contributed by atoms with Gasteiger partial charge in [-0.05, 0) is 62.1 Å². The lowest BCUT2D eigenvalue weighted by Crippen LogP contribution is -2.25. The van der Waals surface area contributed by atoms with E-state index in [1.54, 1.807) is 7.11 Å². The Morgan fingerprint density at radius 1 is 1.04 bits per heavy atom. The van der Waals surface area contributed by atoms with E-state index in [0.29, 0.717) is 5.75 Å². The van der Waals surface area contributed by atoms with Crippen LogP contribution < -0.4 is 4.74 Å². The first-order valence-electron chi connectivity index (χ1n) is 10.0. The van der Waals surface area contributed by atoms with Crippen LogP contribution in [0.15, 0.2) is 24.3 Å². The molecular formula is C22H34O3. The number of hydrogen-bond acceptors (Lipinski definition) is 3. The minimum absolute atomic E-state index is 0.0425. The molecule has 1 fully saturated rings. The summed E-state index contributed by atoms with van der Waals surface area (Å²) in [6.07, 6.45) is 11.6. The first-order chi connectivity index (χ1) is 12.2. The second-order valence-corrected chi connectivity index (χ2v) is 7.37. The summed E-state index contributed by atoms with van der Waals surface area (Å²) < 4.78 is 10.7. The van der Waals surface area contributed by atoms with E-state index in [4.69, 9.17) is 9.47 Å². The van der Waals surface area contributed by atoms with Crippen molar-refractivity contribution in [3.63, 3.8) is 0 Å². The predicted molar refractivity (Wildman–Crippen MR) is 102 cm³/mol. The van der Waals surface area contributed by atoms with Gasteiger partial charge in [-0.15, -0.1) is 0 Å². The van der Waals surface area contributed by atoms with Gasteiger partial charge in [0.15, 0.2) is 0 Å². The van der Waals surface area contributed by atoms with Crippen molar-refractivity contribution in [3.8, 4) is 5.75 Å². The standard InChI is InChI=1S/C22H34O3/c1-3-4-5-7-18-9-13-20(14-10-18)22(23)25-21-15-11-19(12-16-21)8-6-17-24-2/h11-12,15-16,18,20H,3-10,13-14,17H2,1-2H3. The van der Waals surface area contributed by atoms with Gasteiger partial charge in [-0.25, -0.2) is 0 Å². The molecule has 0 unspecified atom stereocenters. The summed E-state index contributed by atoms with van der Waals surface area (Å²) in [5.74, 6) is 1.54. The predicted octanol–water partition coefficient (Wildman–Crippen LogP) is 5.56. The van der Waals surface area contributed by atoms with E-state index in [1.165, 1.54) is 44.1 Å². The molecule has 140 valence electrons. The number of carbonyl (C=O) groups excluding carboxylic acids is 1. The number of benzene rings is 1. The number of aryl methyl sites for hydroxylation is 1. The van der Waals surface area contributed by atoms with Gasteiger partial charge < -0.3 is 9.47 Å². The van der Waals surface area contributed by atoms with Crippen LogP contribution in [0.4, 0.5) is 0 Å². The minimum atomic E-state index is -0.0425. The highest BCUT2D eigenvalue weighted by atomic mass is 16.5. The maximum atomic E-state index is 12.4. The highest BCUT2D eigenvalue weighted by Gasteiger charge is 2.27. The summed E-state index contributed by atoms with van der Waals surface area (Å²) in [4.78, 5) is 12.4. The van der Waals surface area contributed by atoms with Gasteiger partial charge >= 0.3 is 5.97 Å². The molecule has 0 aliphatic heterocycles. The summed E-state index contributed by atoms with van der Waals surface area (Å²) in [6, 6.07) is 7.92. The molecule has 3 nitrogen and oxygen atoms in total. The third-order valence-corrected chi connectivity index (χ3v) is 5.35. The number of methoxy groups -OCH3 is 1. The lowest BCUT2D eigenvalue weighted by molar-refractivity contribution is -0.140. The van der Waals surface area contributed by atoms with Gasteiger partial charge in [0, 0.05) is 13.7 Å². The van der Waals surface area contributed by atoms with Crippen LogP contribution in [-0.2, 0) is 16.0 Å². The molecule has 2 rings (SSSR count). The fraction of sp³-hybridized carbons (Fsp3) is 0.682. The van der Waals surface area contributed by atoms with E-state index >= 15 is 0 Å². The van der Waals surface area contributed by atoms with Gasteiger partial charge in [0.05, 0.1) is 5.92 Å². The van der Waals surface area contributed by atoms with Crippen LogP contribution in [0.2, 0.25) is 0 Å². The molecule has 0 bridgehead atoms. The van der Waals surface area contributed by atoms with Crippen LogP contribution in [0.5, 0.6) is 5.75 Å². The molecule has 0 heterocycles. The molecule has 1 aliphatic carbocycles. The van der Waals surface area contributed by atoms with Crippen molar-refractivity contribution in [3.05, 3.63) is 29.8 Å². The average Bonchev–Trinajstić information content (AvgIpc) is 2.64. The fourth-order valence-corrected chi connectivity index (χ4v) is 3.71. The average molecular weight is 347 g/mol. The first kappa shape index (κ1) is 20.0. The van der Waals surface area contributed by atoms with E-state index in [-0.39, 0.29) is 11.9 Å². The number of hydrogen-bond donors (Lipinski definition) is 0. The van der Waals surface area contributed by atoms with Gasteiger partial charge in [0.25, 0.3) is 0 Å². The largest absolute Gasteiger partial charge is 0.426 e. The fourth-order valence-electron chi connectivity index (χ4n) is 3.71. The lowest BCUT2D eigenvalue weighted by Gasteiger charge is -2.27. The summed E-state index contributed by atoms with van der Waals surface area (Å²) in [7, 11) is 1.72. The van der Waals surface area contributed by atoms with Crippen molar-refractivity contribution in [1.29, 1.82) is 0 Å². The Morgan fingerprint density at radius 2 is 1.76 bits per heavy atom. The lowest BCUT2D eigenvalue weighted by atomic mass is 9.80. The maximum absolute atomic E-state index is 12.4. The zero-order valence-corrected chi connectivity index (χ0v) is 16.0. The Kier molecular flexibility index (Phi) is 9.03. The Bertz CT molecular complexity index is 486. The third-order valence-electron chi connectivity index (χ3n) is 5.35. The van der Waals surface area contributed by atoms with Crippen molar-refractivity contribution < 1.29 is 14.3 Å². The van der Waals surface area contributed by atoms with Crippen LogP contribution in [0.1, 0.15) is 70.3 Å². The molecule has 1 aliphatic rings. The minimum Gasteiger partial charge on any atom is -0.426 e. The second-order valence-electron chi connectivity index (χ2n) is 7.37. The van der Waals surface area contributed by atoms with Crippen LogP contribution in [-0.4, -0.2) is 19.7 Å². The Labute approximate surface area is 153 Å². The highest BCUT2D eigenvalue weighted by Crippen LogP contribution is 2.33. The summed E-state index contributed by atoms with van der Waals surface area (Å²) in [5, 5.41) is 0. The van der Waals surface area contributed by atoms with E-state index in [1.807, 2.05) is 24.3 Å². The number of carbonyl (C=O) groups is 1. The van der Waals surface area contributed by atoms with E-state index in [0.717, 1.165) is 38.2 Å². The molecule has 1 aromatic carbocycles. The van der Waals surface area contributed by atoms with Gasteiger partial charge in [-0.3, -0.25) is 4.79 Å². The van der Waals surface area contributed by atoms with Crippen molar-refractivity contribution in [1.82, 2.24) is 0 Å². The Hall–Kier alpha value is -1.35. The molecule has 0 N–H and O–H groups in total. The van der Waals surface area contributed by atoms with Crippen LogP contribution in [0.3, 0.4) is 0 Å². The van der Waals surface area contributed by atoms with Crippen molar-refractivity contribution >= 4 is 5.97 Å². The van der Waals surface area contributed by atoms with Crippen molar-refractivity contribution in [2.45, 2.75) is 71.1 Å². The maximum Gasteiger partial charge on any atom is 0.314 e. The van der Waals surface area contributed by atoms with Crippen LogP contribution >= 0.6 is 0 Å². The van der Waals surface area contributed by atoms with Crippen LogP contribution in [0.25, 0.3) is 0 Å². The Balaban J connectivity index is 1.71. The monoisotopic (exact) mass is 346 g/mol. The van der Waals surface area contributed by atoms with Crippen LogP contribution in [0, 0.1) is 11.8 Å². The van der Waals surface area contributed by atoms with Gasteiger partial charge in [-0.1, -0.05) is 44.7 Å². The molecule has 0 atom stereocenters. The smallest absolute Gasteiger partial charge is 0.314 e. The van der Waals surface area contributed by atoms with E-state index < -0.39 is 0 Å². The van der Waals surface area contributed by atoms with E-state index in [2.05, 4.69) is 6.92 Å². The van der Waals surface area contributed by atoms with Gasteiger partial charge in [0.2, 0.25) is 0 Å². The molecule has 0 radical (unpaired) electrons. The topological polar surface area (TPSA) is 35.5 Å². The normalized spacial score (nSPS) is 20.4. The number of esters is 1. The number of unbranched alkanes of at least 4 members (excludes halogenated alkanes) is 2. The summed E-state index contributed by atoms with van der Waals surface area (Å²) in [5.41, 5.74) is 1.25. The van der Waals surface area contributed by atoms with E-state index in [9.17, 15) is 4.79 Å². The molecular weight excluding hydrogens is 312 g/mol. The quantitative estimate of drug-likeness (QED) is 0.316. The molecule has 3 heteroatoms. The third kappa shape index (κ3) is 7.19. The number of ether oxygens (including phenoxy) is 2. The molecule has 0 spiro atoms. The number of rotatable bonds is 10. The molecule has 1 saturated carbocycles. The molecule has 25 heavy (non-hydrogen) atoms. The molecule has 0 aromatic heterocycles. The SMILES string of the molecule is CCCCCC1CCC(C(=O)Oc2ccc(CCCOC)cc2)CC1. The highest BCUT2D eigenvalue weighted by molar-refractivity contribution is 5.75. The van der Waals surface area contributed by atoms with Gasteiger partial charge in [-0.2, -0.15) is 0 Å². The molecule has 0 saturated heterocycles. The molecule has 1 aromatic rings. The summed E-state index contributed by atoms with van der Waals surface area (Å²) in [6.45, 7) is 3.02. The van der Waals surface area contributed by atoms with Crippen molar-refractivity contribution in [2.75, 3.05) is 13.7 Å². The zero-order chi connectivity index (χ0) is 17.9.